The summed E-state index contributed by atoms with van der Waals surface area (Å²) in [7, 11) is 0. The molecule has 0 fully saturated rings. The lowest BCUT2D eigenvalue weighted by Crippen LogP contribution is -2.06. The number of furan rings is 2. The Hall–Kier alpha value is -8.06. The summed E-state index contributed by atoms with van der Waals surface area (Å²) >= 11 is 0. The topological polar surface area (TPSA) is 83.7 Å². The van der Waals surface area contributed by atoms with Gasteiger partial charge in [0.2, 0.25) is 0 Å². The molecule has 0 N–H and O–H groups in total. The van der Waals surface area contributed by atoms with Crippen molar-refractivity contribution in [2.75, 3.05) is 0 Å². The average Bonchev–Trinajstić information content (AvgIpc) is 4.00. The summed E-state index contributed by atoms with van der Waals surface area (Å²) in [6.45, 7) is 1.98. The SMILES string of the molecule is Cc1cc(C#N)cc(-c2cc(-n3c4ccccc4c4ccc5oc6ccccc6c5c43)c(-n3c4ccccc4c4ccc5oc6ccccc6c5c43)cc2C#N)c1. The van der Waals surface area contributed by atoms with E-state index in [-0.39, 0.29) is 0 Å². The summed E-state index contributed by atoms with van der Waals surface area (Å²) in [5.74, 6) is 0. The highest BCUT2D eigenvalue weighted by Crippen LogP contribution is 2.46. The number of aromatic nitrogens is 2. The number of benzene rings is 8. The second-order valence-corrected chi connectivity index (χ2v) is 14.8. The zero-order valence-electron chi connectivity index (χ0n) is 30.5. The molecule has 4 aromatic heterocycles. The average molecular weight is 729 g/mol. The molecular weight excluding hydrogens is 701 g/mol. The molecule has 12 rings (SSSR count). The maximum Gasteiger partial charge on any atom is 0.137 e. The van der Waals surface area contributed by atoms with Gasteiger partial charge in [0.25, 0.3) is 0 Å². The molecule has 6 nitrogen and oxygen atoms in total. The first-order valence-corrected chi connectivity index (χ1v) is 18.9. The molecule has 264 valence electrons. The van der Waals surface area contributed by atoms with Crippen molar-refractivity contribution in [2.24, 2.45) is 0 Å². The van der Waals surface area contributed by atoms with Gasteiger partial charge in [0, 0.05) is 37.9 Å². The Bertz CT molecular complexity index is 3800. The molecular formula is C51H28N4O2. The molecule has 0 spiro atoms. The van der Waals surface area contributed by atoms with Crippen molar-refractivity contribution in [3.05, 3.63) is 168 Å². The Balaban J connectivity index is 1.34. The zero-order valence-corrected chi connectivity index (χ0v) is 30.5. The van der Waals surface area contributed by atoms with E-state index in [0.717, 1.165) is 116 Å². The van der Waals surface area contributed by atoms with Crippen LogP contribution in [0.2, 0.25) is 0 Å². The fraction of sp³-hybridized carbons (Fsp3) is 0.0196. The van der Waals surface area contributed by atoms with Crippen LogP contribution in [0.3, 0.4) is 0 Å². The summed E-state index contributed by atoms with van der Waals surface area (Å²) in [5.41, 5.74) is 12.5. The van der Waals surface area contributed by atoms with E-state index in [2.05, 4.69) is 124 Å². The molecule has 6 heteroatoms. The third-order valence-electron chi connectivity index (χ3n) is 11.6. The molecule has 4 heterocycles. The minimum absolute atomic E-state index is 0.498. The van der Waals surface area contributed by atoms with Crippen molar-refractivity contribution < 1.29 is 8.83 Å². The molecule has 0 saturated carbocycles. The predicted octanol–water partition coefficient (Wildman–Crippen LogP) is 13.4. The van der Waals surface area contributed by atoms with Gasteiger partial charge in [-0.05, 0) is 90.8 Å². The van der Waals surface area contributed by atoms with Crippen molar-refractivity contribution in [3.8, 4) is 34.6 Å². The normalized spacial score (nSPS) is 11.9. The van der Waals surface area contributed by atoms with E-state index in [9.17, 15) is 10.5 Å². The molecule has 0 radical (unpaired) electrons. The van der Waals surface area contributed by atoms with Gasteiger partial charge in [-0.15, -0.1) is 0 Å². The highest BCUT2D eigenvalue weighted by Gasteiger charge is 2.26. The molecule has 57 heavy (non-hydrogen) atoms. The van der Waals surface area contributed by atoms with Gasteiger partial charge < -0.3 is 18.0 Å². The smallest absolute Gasteiger partial charge is 0.137 e. The first kappa shape index (κ1) is 31.3. The van der Waals surface area contributed by atoms with Crippen LogP contribution in [0.15, 0.2) is 160 Å². The number of hydrogen-bond donors (Lipinski definition) is 0. The molecule has 0 amide bonds. The Kier molecular flexibility index (Phi) is 6.30. The highest BCUT2D eigenvalue weighted by molar-refractivity contribution is 6.26. The van der Waals surface area contributed by atoms with Gasteiger partial charge in [0.05, 0.1) is 67.5 Å². The van der Waals surface area contributed by atoms with Crippen LogP contribution >= 0.6 is 0 Å². The van der Waals surface area contributed by atoms with E-state index >= 15 is 0 Å². The van der Waals surface area contributed by atoms with Gasteiger partial charge >= 0.3 is 0 Å². The standard InChI is InChI=1S/C51H28N4O2/c1-29-22-30(27-52)24-31(23-29)39-26-43(55-41-15-7-3-11-34(41)36-19-21-47-49(51(36)55)38-13-5-9-17-45(38)57-47)42(25-32(39)28-53)54-40-14-6-2-10-33(40)35-18-20-46-48(50(35)54)37-12-4-8-16-44(37)56-46/h2-26H,1H3. The minimum atomic E-state index is 0.498. The van der Waals surface area contributed by atoms with Gasteiger partial charge in [-0.3, -0.25) is 0 Å². The van der Waals surface area contributed by atoms with Crippen LogP contribution < -0.4 is 0 Å². The maximum absolute atomic E-state index is 11.0. The van der Waals surface area contributed by atoms with E-state index < -0.39 is 0 Å². The summed E-state index contributed by atoms with van der Waals surface area (Å²) in [5, 5.41) is 29.5. The van der Waals surface area contributed by atoms with Crippen LogP contribution in [0.1, 0.15) is 16.7 Å². The van der Waals surface area contributed by atoms with Crippen molar-refractivity contribution >= 4 is 87.5 Å². The van der Waals surface area contributed by atoms with Crippen LogP contribution in [-0.4, -0.2) is 9.13 Å². The van der Waals surface area contributed by atoms with Crippen molar-refractivity contribution in [2.45, 2.75) is 6.92 Å². The number of nitrogens with zero attached hydrogens (tertiary/aromatic N) is 4. The van der Waals surface area contributed by atoms with Gasteiger partial charge in [0.15, 0.2) is 0 Å². The van der Waals surface area contributed by atoms with Gasteiger partial charge in [-0.2, -0.15) is 10.5 Å². The monoisotopic (exact) mass is 728 g/mol. The number of fused-ring (bicyclic) bond motifs is 14. The summed E-state index contributed by atoms with van der Waals surface area (Å²) in [4.78, 5) is 0. The summed E-state index contributed by atoms with van der Waals surface area (Å²) < 4.78 is 17.7. The van der Waals surface area contributed by atoms with Crippen LogP contribution in [0.5, 0.6) is 0 Å². The second-order valence-electron chi connectivity index (χ2n) is 14.8. The van der Waals surface area contributed by atoms with E-state index in [1.165, 1.54) is 0 Å². The Labute approximate surface area is 324 Å². The number of hydrogen-bond acceptors (Lipinski definition) is 4. The lowest BCUT2D eigenvalue weighted by Gasteiger charge is -2.20. The lowest BCUT2D eigenvalue weighted by atomic mass is 9.95. The molecule has 12 aromatic rings. The first-order chi connectivity index (χ1) is 28.1. The molecule has 8 aromatic carbocycles. The molecule has 0 saturated heterocycles. The summed E-state index contributed by atoms with van der Waals surface area (Å²) in [6, 6.07) is 56.7. The molecule has 0 aliphatic rings. The van der Waals surface area contributed by atoms with Gasteiger partial charge in [0.1, 0.15) is 22.3 Å². The Morgan fingerprint density at radius 2 is 0.965 bits per heavy atom. The van der Waals surface area contributed by atoms with E-state index in [1.54, 1.807) is 0 Å². The number of aryl methyl sites for hydroxylation is 1. The van der Waals surface area contributed by atoms with Gasteiger partial charge in [-0.25, -0.2) is 0 Å². The number of para-hydroxylation sites is 4. The number of rotatable bonds is 3. The van der Waals surface area contributed by atoms with E-state index in [4.69, 9.17) is 8.83 Å². The van der Waals surface area contributed by atoms with Gasteiger partial charge in [-0.1, -0.05) is 78.9 Å². The second kappa shape index (κ2) is 11.5. The minimum Gasteiger partial charge on any atom is -0.456 e. The quantitative estimate of drug-likeness (QED) is 0.181. The fourth-order valence-electron chi connectivity index (χ4n) is 9.30. The number of nitriles is 2. The van der Waals surface area contributed by atoms with Crippen LogP contribution in [0.25, 0.3) is 110 Å². The van der Waals surface area contributed by atoms with Crippen LogP contribution in [0, 0.1) is 29.6 Å². The maximum atomic E-state index is 11.0. The first-order valence-electron chi connectivity index (χ1n) is 18.9. The van der Waals surface area contributed by atoms with E-state index in [1.807, 2.05) is 55.5 Å². The van der Waals surface area contributed by atoms with Crippen LogP contribution in [-0.2, 0) is 0 Å². The van der Waals surface area contributed by atoms with E-state index in [0.29, 0.717) is 11.1 Å². The molecule has 0 aliphatic carbocycles. The molecule has 0 bridgehead atoms. The third-order valence-corrected chi connectivity index (χ3v) is 11.6. The highest BCUT2D eigenvalue weighted by atomic mass is 16.3. The van der Waals surface area contributed by atoms with Crippen molar-refractivity contribution in [1.29, 1.82) is 10.5 Å². The van der Waals surface area contributed by atoms with Crippen molar-refractivity contribution in [1.82, 2.24) is 9.13 Å². The predicted molar refractivity (Wildman–Crippen MR) is 229 cm³/mol. The Morgan fingerprint density at radius 1 is 0.456 bits per heavy atom. The molecule has 0 atom stereocenters. The fourth-order valence-corrected chi connectivity index (χ4v) is 9.30. The zero-order chi connectivity index (χ0) is 37.9. The van der Waals surface area contributed by atoms with Crippen molar-refractivity contribution in [3.63, 3.8) is 0 Å². The van der Waals surface area contributed by atoms with Crippen LogP contribution in [0.4, 0.5) is 0 Å². The molecule has 0 aliphatic heterocycles. The summed E-state index contributed by atoms with van der Waals surface area (Å²) in [6.07, 6.45) is 0. The Morgan fingerprint density at radius 3 is 1.51 bits per heavy atom. The molecule has 0 unspecified atom stereocenters. The largest absolute Gasteiger partial charge is 0.456 e. The third kappa shape index (κ3) is 4.27. The lowest BCUT2D eigenvalue weighted by molar-refractivity contribution is 0.669.